The van der Waals surface area contributed by atoms with Crippen LogP contribution in [0.1, 0.15) is 30.0 Å². The van der Waals surface area contributed by atoms with Crippen LogP contribution in [0.25, 0.3) is 0 Å². The topological polar surface area (TPSA) is 173 Å². The van der Waals surface area contributed by atoms with Gasteiger partial charge in [-0.2, -0.15) is 13.4 Å². The summed E-state index contributed by atoms with van der Waals surface area (Å²) < 4.78 is 26.5. The highest BCUT2D eigenvalue weighted by Crippen LogP contribution is 2.33. The zero-order valence-electron chi connectivity index (χ0n) is 16.0. The number of fused-ring (bicyclic) bond motifs is 1. The van der Waals surface area contributed by atoms with Crippen molar-refractivity contribution >= 4 is 22.2 Å². The van der Waals surface area contributed by atoms with Gasteiger partial charge in [0.1, 0.15) is 12.4 Å². The van der Waals surface area contributed by atoms with E-state index in [2.05, 4.69) is 41.9 Å². The zero-order chi connectivity index (χ0) is 21.3. The highest BCUT2D eigenvalue weighted by atomic mass is 32.2. The van der Waals surface area contributed by atoms with E-state index in [4.69, 9.17) is 5.14 Å². The SMILES string of the molecule is NS(=O)(=O)OC[C@H]1C[C@@H](Nc2ncnc(NC3CCc4ccccc43)n2)[C@H](O)[C@@H]1O. The van der Waals surface area contributed by atoms with Gasteiger partial charge in [-0.15, -0.1) is 0 Å². The predicted molar refractivity (Wildman–Crippen MR) is 108 cm³/mol. The van der Waals surface area contributed by atoms with Crippen LogP contribution in [0.2, 0.25) is 0 Å². The monoisotopic (exact) mass is 436 g/mol. The fourth-order valence-corrected chi connectivity index (χ4v) is 4.44. The molecule has 2 aliphatic carbocycles. The zero-order valence-corrected chi connectivity index (χ0v) is 16.9. The molecule has 1 aromatic heterocycles. The van der Waals surface area contributed by atoms with E-state index in [0.717, 1.165) is 12.8 Å². The van der Waals surface area contributed by atoms with Gasteiger partial charge in [0.25, 0.3) is 0 Å². The number of hydrogen-bond donors (Lipinski definition) is 5. The standard InChI is InChI=1S/C18H24N6O5S/c19-30(27,28)29-8-11-7-14(16(26)15(11)25)23-18-21-9-20-17(24-18)22-13-6-5-10-3-1-2-4-12(10)13/h1-4,9,11,13-16,25-26H,5-8H2,(H2,19,27,28)(H2,20,21,22,23,24)/t11-,13?,14-,15-,16+/m1/s1. The Morgan fingerprint density at radius 2 is 1.87 bits per heavy atom. The van der Waals surface area contributed by atoms with Gasteiger partial charge in [0.05, 0.1) is 24.8 Å². The molecule has 1 heterocycles. The van der Waals surface area contributed by atoms with Crippen molar-refractivity contribution in [2.75, 3.05) is 17.2 Å². The van der Waals surface area contributed by atoms with Crippen molar-refractivity contribution < 1.29 is 22.8 Å². The number of nitrogens with zero attached hydrogens (tertiary/aromatic N) is 3. The molecule has 162 valence electrons. The maximum absolute atomic E-state index is 11.0. The molecule has 6 N–H and O–H groups in total. The van der Waals surface area contributed by atoms with E-state index in [1.54, 1.807) is 0 Å². The van der Waals surface area contributed by atoms with Gasteiger partial charge in [-0.3, -0.25) is 4.18 Å². The largest absolute Gasteiger partial charge is 0.390 e. The molecule has 0 radical (unpaired) electrons. The summed E-state index contributed by atoms with van der Waals surface area (Å²) in [6, 6.07) is 7.74. The number of nitrogens with two attached hydrogens (primary N) is 1. The molecule has 5 atom stereocenters. The van der Waals surface area contributed by atoms with Crippen molar-refractivity contribution in [2.45, 2.75) is 43.6 Å². The van der Waals surface area contributed by atoms with Gasteiger partial charge in [-0.05, 0) is 30.4 Å². The Balaban J connectivity index is 1.40. The number of aromatic nitrogens is 3. The van der Waals surface area contributed by atoms with Gasteiger partial charge < -0.3 is 20.8 Å². The van der Waals surface area contributed by atoms with Crippen LogP contribution in [0, 0.1) is 5.92 Å². The van der Waals surface area contributed by atoms with Gasteiger partial charge in [0, 0.05) is 5.92 Å². The van der Waals surface area contributed by atoms with Crippen LogP contribution in [0.4, 0.5) is 11.9 Å². The fourth-order valence-electron chi connectivity index (χ4n) is 4.08. The van der Waals surface area contributed by atoms with Crippen molar-refractivity contribution in [3.63, 3.8) is 0 Å². The van der Waals surface area contributed by atoms with Crippen molar-refractivity contribution in [3.05, 3.63) is 41.7 Å². The van der Waals surface area contributed by atoms with E-state index in [9.17, 15) is 18.6 Å². The van der Waals surface area contributed by atoms with E-state index in [-0.39, 0.29) is 25.0 Å². The number of aliphatic hydroxyl groups excluding tert-OH is 2. The van der Waals surface area contributed by atoms with Crippen LogP contribution in [-0.2, 0) is 20.9 Å². The minimum Gasteiger partial charge on any atom is -0.390 e. The molecule has 1 saturated carbocycles. The number of nitrogens with one attached hydrogen (secondary N) is 2. The molecule has 2 aromatic rings. The van der Waals surface area contributed by atoms with Crippen molar-refractivity contribution in [1.82, 2.24) is 15.0 Å². The maximum Gasteiger partial charge on any atom is 0.333 e. The lowest BCUT2D eigenvalue weighted by Crippen LogP contribution is -2.36. The smallest absolute Gasteiger partial charge is 0.333 e. The first kappa shape index (κ1) is 20.9. The van der Waals surface area contributed by atoms with Crippen molar-refractivity contribution in [2.24, 2.45) is 11.1 Å². The van der Waals surface area contributed by atoms with Crippen molar-refractivity contribution in [3.8, 4) is 0 Å². The van der Waals surface area contributed by atoms with Gasteiger partial charge in [0.15, 0.2) is 0 Å². The molecular weight excluding hydrogens is 412 g/mol. The summed E-state index contributed by atoms with van der Waals surface area (Å²) in [5, 5.41) is 31.6. The summed E-state index contributed by atoms with van der Waals surface area (Å²) in [5.74, 6) is 0.0321. The Kier molecular flexibility index (Phi) is 5.84. The lowest BCUT2D eigenvalue weighted by molar-refractivity contribution is 0.00776. The van der Waals surface area contributed by atoms with E-state index < -0.39 is 34.5 Å². The average Bonchev–Trinajstić information content (AvgIpc) is 3.23. The van der Waals surface area contributed by atoms with Crippen LogP contribution in [-0.4, -0.2) is 58.4 Å². The van der Waals surface area contributed by atoms with Crippen LogP contribution in [0.3, 0.4) is 0 Å². The molecule has 1 fully saturated rings. The highest BCUT2D eigenvalue weighted by Gasteiger charge is 2.42. The average molecular weight is 436 g/mol. The number of anilines is 2. The second-order valence-electron chi connectivity index (χ2n) is 7.57. The van der Waals surface area contributed by atoms with Crippen LogP contribution in [0.5, 0.6) is 0 Å². The predicted octanol–water partition coefficient (Wildman–Crippen LogP) is -0.287. The third-order valence-electron chi connectivity index (χ3n) is 5.57. The molecule has 1 aromatic carbocycles. The second-order valence-corrected chi connectivity index (χ2v) is 8.79. The Bertz CT molecular complexity index is 1010. The molecule has 11 nitrogen and oxygen atoms in total. The molecule has 0 bridgehead atoms. The van der Waals surface area contributed by atoms with E-state index >= 15 is 0 Å². The number of rotatable bonds is 7. The third-order valence-corrected chi connectivity index (χ3v) is 6.04. The number of benzene rings is 1. The molecule has 1 unspecified atom stereocenters. The van der Waals surface area contributed by atoms with Gasteiger partial charge in [-0.1, -0.05) is 24.3 Å². The maximum atomic E-state index is 11.0. The Morgan fingerprint density at radius 3 is 2.63 bits per heavy atom. The summed E-state index contributed by atoms with van der Waals surface area (Å²) in [7, 11) is -4.12. The molecule has 0 aliphatic heterocycles. The number of hydrogen-bond acceptors (Lipinski definition) is 10. The van der Waals surface area contributed by atoms with E-state index in [1.165, 1.54) is 17.5 Å². The second kappa shape index (κ2) is 8.40. The molecule has 2 aliphatic rings. The minimum atomic E-state index is -4.12. The third kappa shape index (κ3) is 4.68. The molecule has 4 rings (SSSR count). The molecule has 0 amide bonds. The highest BCUT2D eigenvalue weighted by molar-refractivity contribution is 7.84. The number of aliphatic hydroxyl groups is 2. The summed E-state index contributed by atoms with van der Waals surface area (Å²) in [6.45, 7) is -0.319. The Hall–Kier alpha value is -2.38. The first-order valence-electron chi connectivity index (χ1n) is 9.63. The van der Waals surface area contributed by atoms with E-state index in [0.29, 0.717) is 5.95 Å². The molecule has 30 heavy (non-hydrogen) atoms. The van der Waals surface area contributed by atoms with Crippen LogP contribution < -0.4 is 15.8 Å². The minimum absolute atomic E-state index is 0.107. The van der Waals surface area contributed by atoms with Crippen LogP contribution >= 0.6 is 0 Å². The lowest BCUT2D eigenvalue weighted by atomic mass is 10.1. The normalized spacial score (nSPS) is 28.3. The summed E-state index contributed by atoms with van der Waals surface area (Å²) in [5.41, 5.74) is 2.53. The van der Waals surface area contributed by atoms with Crippen molar-refractivity contribution in [1.29, 1.82) is 0 Å². The van der Waals surface area contributed by atoms with Crippen LogP contribution in [0.15, 0.2) is 30.6 Å². The first-order chi connectivity index (χ1) is 14.3. The van der Waals surface area contributed by atoms with Gasteiger partial charge in [-0.25, -0.2) is 15.1 Å². The summed E-state index contributed by atoms with van der Waals surface area (Å²) >= 11 is 0. The Labute approximate surface area is 174 Å². The summed E-state index contributed by atoms with van der Waals surface area (Å²) in [4.78, 5) is 12.6. The lowest BCUT2D eigenvalue weighted by Gasteiger charge is -2.18. The summed E-state index contributed by atoms with van der Waals surface area (Å²) in [6.07, 6.45) is 1.22. The quantitative estimate of drug-likeness (QED) is 0.388. The van der Waals surface area contributed by atoms with Gasteiger partial charge >= 0.3 is 10.3 Å². The first-order valence-corrected chi connectivity index (χ1v) is 11.1. The molecular formula is C18H24N6O5S. The molecule has 0 spiro atoms. The van der Waals surface area contributed by atoms with Gasteiger partial charge in [0.2, 0.25) is 11.9 Å². The number of aryl methyl sites for hydroxylation is 1. The Morgan fingerprint density at radius 1 is 1.13 bits per heavy atom. The fraction of sp³-hybridized carbons (Fsp3) is 0.500. The van der Waals surface area contributed by atoms with E-state index in [1.807, 2.05) is 12.1 Å². The molecule has 0 saturated heterocycles. The molecule has 12 heteroatoms.